The summed E-state index contributed by atoms with van der Waals surface area (Å²) in [7, 11) is 1.99. The lowest BCUT2D eigenvalue weighted by atomic mass is 10.0. The van der Waals surface area contributed by atoms with Crippen molar-refractivity contribution in [3.05, 3.63) is 90.1 Å². The lowest BCUT2D eigenvalue weighted by Gasteiger charge is -2.28. The molecule has 26 heteroatoms. The van der Waals surface area contributed by atoms with Crippen LogP contribution < -0.4 is 54.4 Å². The monoisotopic (exact) mass is 1040 g/mol. The number of imidazole rings is 1. The van der Waals surface area contributed by atoms with Gasteiger partial charge in [0.15, 0.2) is 5.96 Å². The summed E-state index contributed by atoms with van der Waals surface area (Å²) in [5.41, 5.74) is 19.4. The van der Waals surface area contributed by atoms with E-state index in [9.17, 15) is 43.2 Å². The molecule has 2 saturated heterocycles. The number of rotatable bonds is 13. The molecule has 2 aliphatic heterocycles. The summed E-state index contributed by atoms with van der Waals surface area (Å²) in [6.45, 7) is 4.85. The molecule has 0 saturated carbocycles. The number of nitrogens with one attached hydrogen (secondary N) is 9. The molecule has 0 bridgehead atoms. The minimum absolute atomic E-state index is 0.0501. The van der Waals surface area contributed by atoms with E-state index in [4.69, 9.17) is 17.2 Å². The standard InChI is InChI=1S/C47H61N15O9S2/c1-24(2)37-45(70)62(47(71)61-37)36-22-73-72-21-35(38(48)63)60-42(67)33(17-27-19-53-30-13-8-7-12-29(27)30)59-40(65)31(14-9-15-52-46(49)50)56-41(66)32(16-26-10-5-4-6-11-26)58-43(68)34(18-28-20-51-23-54-28)57-39(64)25(3)55-44(36)69/h4-8,10-13,19-20,23-25,31-37,53H,9,14-18,21-22H2,1-3H3,(H2,48,63)(H,51,54)(H,55,69)(H,56,66)(H,57,64)(H,58,68)(H,59,65)(H,60,67)(H,61,71)(H4,49,50,52). The van der Waals surface area contributed by atoms with Gasteiger partial charge in [-0.05, 0) is 42.9 Å². The number of nitrogens with zero attached hydrogens (tertiary/aromatic N) is 3. The summed E-state index contributed by atoms with van der Waals surface area (Å²) in [5, 5.41) is 19.5. The molecule has 4 aromatic rings. The Balaban J connectivity index is 1.39. The van der Waals surface area contributed by atoms with E-state index >= 15 is 0 Å². The second-order valence-corrected chi connectivity index (χ2v) is 20.4. The maximum Gasteiger partial charge on any atom is 0.325 e. The highest BCUT2D eigenvalue weighted by molar-refractivity contribution is 8.76. The number of para-hydroxylation sites is 1. The number of fused-ring (bicyclic) bond motifs is 1. The van der Waals surface area contributed by atoms with Crippen molar-refractivity contribution in [2.45, 2.75) is 101 Å². The summed E-state index contributed by atoms with van der Waals surface area (Å²) in [6.07, 6.45) is 4.28. The van der Waals surface area contributed by atoms with Crippen molar-refractivity contribution < 1.29 is 43.2 Å². The number of hydrogen-bond acceptors (Lipinski definition) is 13. The lowest BCUT2D eigenvalue weighted by Crippen LogP contribution is -2.60. The number of urea groups is 1. The van der Waals surface area contributed by atoms with Crippen LogP contribution in [0.3, 0.4) is 0 Å². The highest BCUT2D eigenvalue weighted by Crippen LogP contribution is 2.27. The number of imide groups is 1. The van der Waals surface area contributed by atoms with Gasteiger partial charge in [0, 0.05) is 66.3 Å². The van der Waals surface area contributed by atoms with E-state index in [0.29, 0.717) is 16.8 Å². The van der Waals surface area contributed by atoms with Crippen LogP contribution in [-0.4, -0.2) is 145 Å². The number of aromatic nitrogens is 3. The van der Waals surface area contributed by atoms with Crippen LogP contribution in [0.2, 0.25) is 0 Å². The van der Waals surface area contributed by atoms with Crippen LogP contribution in [0.15, 0.2) is 78.3 Å². The quantitative estimate of drug-likeness (QED) is 0.0244. The Labute approximate surface area is 427 Å². The zero-order chi connectivity index (χ0) is 52.8. The smallest absolute Gasteiger partial charge is 0.325 e. The number of carbonyl (C=O) groups excluding carboxylic acids is 9. The van der Waals surface area contributed by atoms with Gasteiger partial charge in [-0.1, -0.05) is 84.0 Å². The Morgan fingerprint density at radius 3 is 1.99 bits per heavy atom. The summed E-state index contributed by atoms with van der Waals surface area (Å²) in [5.74, 6) is -7.54. The number of aromatic amines is 2. The minimum Gasteiger partial charge on any atom is -0.370 e. The predicted molar refractivity (Wildman–Crippen MR) is 274 cm³/mol. The van der Waals surface area contributed by atoms with Crippen molar-refractivity contribution in [2.24, 2.45) is 28.1 Å². The third kappa shape index (κ3) is 15.0. The molecule has 10 amide bonds. The first-order valence-corrected chi connectivity index (χ1v) is 26.0. The predicted octanol–water partition coefficient (Wildman–Crippen LogP) is -1.27. The number of H-pyrrole nitrogens is 2. The highest BCUT2D eigenvalue weighted by atomic mass is 33.1. The van der Waals surface area contributed by atoms with Gasteiger partial charge in [0.1, 0.15) is 48.3 Å². The Kier molecular flexibility index (Phi) is 19.2. The average molecular weight is 1040 g/mol. The zero-order valence-electron chi connectivity index (χ0n) is 40.3. The molecule has 4 heterocycles. The molecule has 0 radical (unpaired) electrons. The van der Waals surface area contributed by atoms with E-state index in [1.54, 1.807) is 56.4 Å². The van der Waals surface area contributed by atoms with Crippen molar-refractivity contribution in [1.82, 2.24) is 57.1 Å². The Hall–Kier alpha value is -7.61. The molecule has 6 rings (SSSR count). The number of primary amides is 1. The molecule has 24 nitrogen and oxygen atoms in total. The summed E-state index contributed by atoms with van der Waals surface area (Å²) in [6, 6.07) is 4.53. The van der Waals surface area contributed by atoms with Crippen LogP contribution in [-0.2, 0) is 57.6 Å². The number of nitrogens with two attached hydrogens (primary N) is 3. The maximum absolute atomic E-state index is 14.6. The second-order valence-electron chi connectivity index (χ2n) is 17.9. The fourth-order valence-electron chi connectivity index (χ4n) is 8.10. The minimum atomic E-state index is -1.49. The Morgan fingerprint density at radius 2 is 1.33 bits per heavy atom. The first-order chi connectivity index (χ1) is 34.9. The number of guanidine groups is 1. The first kappa shape index (κ1) is 54.7. The number of aliphatic imine (C=N–C) groups is 1. The van der Waals surface area contributed by atoms with Crippen molar-refractivity contribution >= 4 is 91.7 Å². The molecule has 0 aliphatic carbocycles. The van der Waals surface area contributed by atoms with E-state index in [0.717, 1.165) is 37.4 Å². The topological polar surface area (TPSA) is 376 Å². The van der Waals surface area contributed by atoms with E-state index in [1.165, 1.54) is 19.4 Å². The van der Waals surface area contributed by atoms with Gasteiger partial charge < -0.3 is 64.4 Å². The molecule has 15 N–H and O–H groups in total. The van der Waals surface area contributed by atoms with Gasteiger partial charge >= 0.3 is 6.03 Å². The Morgan fingerprint density at radius 1 is 0.712 bits per heavy atom. The van der Waals surface area contributed by atoms with Gasteiger partial charge in [0.05, 0.1) is 6.33 Å². The normalized spacial score (nSPS) is 24.4. The fourth-order valence-corrected chi connectivity index (χ4v) is 10.5. The van der Waals surface area contributed by atoms with E-state index in [-0.39, 0.29) is 62.0 Å². The van der Waals surface area contributed by atoms with E-state index in [1.807, 2.05) is 18.2 Å². The summed E-state index contributed by atoms with van der Waals surface area (Å²) in [4.78, 5) is 141. The molecular weight excluding hydrogens is 983 g/mol. The summed E-state index contributed by atoms with van der Waals surface area (Å²) >= 11 is 0. The second kappa shape index (κ2) is 25.7. The van der Waals surface area contributed by atoms with Crippen LogP contribution in [0.1, 0.15) is 50.4 Å². The fraction of sp³-hybridized carbons (Fsp3) is 0.426. The maximum atomic E-state index is 14.6. The molecule has 0 spiro atoms. The number of hydrogen-bond donors (Lipinski definition) is 12. The van der Waals surface area contributed by atoms with Crippen molar-refractivity contribution in [3.8, 4) is 0 Å². The lowest BCUT2D eigenvalue weighted by molar-refractivity contribution is -0.137. The van der Waals surface area contributed by atoms with Crippen LogP contribution in [0, 0.1) is 5.92 Å². The average Bonchev–Trinajstić information content (AvgIpc) is 4.10. The molecule has 390 valence electrons. The van der Waals surface area contributed by atoms with Crippen molar-refractivity contribution in [2.75, 3.05) is 18.1 Å². The first-order valence-electron chi connectivity index (χ1n) is 23.5. The van der Waals surface area contributed by atoms with E-state index < -0.39 is 102 Å². The van der Waals surface area contributed by atoms with Gasteiger partial charge in [-0.15, -0.1) is 0 Å². The van der Waals surface area contributed by atoms with Gasteiger partial charge in [0.25, 0.3) is 5.91 Å². The van der Waals surface area contributed by atoms with Gasteiger partial charge in [-0.3, -0.25) is 43.3 Å². The van der Waals surface area contributed by atoms with Crippen molar-refractivity contribution in [3.63, 3.8) is 0 Å². The summed E-state index contributed by atoms with van der Waals surface area (Å²) < 4.78 is 0. The van der Waals surface area contributed by atoms with Gasteiger partial charge in [-0.2, -0.15) is 0 Å². The third-order valence-corrected chi connectivity index (χ3v) is 14.5. The molecule has 8 unspecified atom stereocenters. The highest BCUT2D eigenvalue weighted by Gasteiger charge is 2.46. The molecule has 8 atom stereocenters. The van der Waals surface area contributed by atoms with Crippen molar-refractivity contribution in [1.29, 1.82) is 0 Å². The molecule has 73 heavy (non-hydrogen) atoms. The molecule has 2 fully saturated rings. The Bertz CT molecular complexity index is 2660. The molecular formula is C47H61N15O9S2. The number of amides is 10. The molecule has 2 aromatic carbocycles. The van der Waals surface area contributed by atoms with Gasteiger partial charge in [-0.25, -0.2) is 14.7 Å². The van der Waals surface area contributed by atoms with Crippen LogP contribution in [0.5, 0.6) is 0 Å². The van der Waals surface area contributed by atoms with Crippen LogP contribution >= 0.6 is 21.6 Å². The zero-order valence-corrected chi connectivity index (χ0v) is 42.0. The van der Waals surface area contributed by atoms with Crippen LogP contribution in [0.25, 0.3) is 10.9 Å². The number of benzene rings is 2. The third-order valence-electron chi connectivity index (χ3n) is 12.1. The van der Waals surface area contributed by atoms with Gasteiger partial charge in [0.2, 0.25) is 41.4 Å². The molecule has 2 aromatic heterocycles. The SMILES string of the molecule is CC1NC(=O)C(N2C(=O)NC(C(C)C)C2=O)CSSCC(C(N)=O)NC(=O)C(Cc2c[nH]c3ccccc23)NC(=O)C(CCCN=C(N)N)NC(=O)C(Cc2ccccc2)NC(=O)C(Cc2cnc[nH]2)NC1=O. The number of carbonyl (C=O) groups is 9. The van der Waals surface area contributed by atoms with E-state index in [2.05, 4.69) is 57.2 Å². The van der Waals surface area contributed by atoms with Crippen LogP contribution in [0.4, 0.5) is 4.79 Å². The molecule has 2 aliphatic rings. The largest absolute Gasteiger partial charge is 0.370 e.